The number of fused-ring (bicyclic) bond motifs is 1. The molecule has 8 rings (SSSR count). The van der Waals surface area contributed by atoms with Crippen LogP contribution in [0.15, 0.2) is 67.0 Å². The van der Waals surface area contributed by atoms with Crippen LogP contribution in [0.2, 0.25) is 0 Å². The number of likely N-dealkylation sites (tertiary alicyclic amines) is 1. The van der Waals surface area contributed by atoms with Gasteiger partial charge in [-0.25, -0.2) is 9.78 Å². The normalized spacial score (nSPS) is 24.7. The minimum absolute atomic E-state index is 0.0298. The van der Waals surface area contributed by atoms with Gasteiger partial charge in [0.2, 0.25) is 5.95 Å². The number of hydrogen-bond acceptors (Lipinski definition) is 12. The largest absolute Gasteiger partial charge is 0.388 e. The highest BCUT2D eigenvalue weighted by atomic mass is 16.3. The molecule has 53 heavy (non-hydrogen) atoms. The van der Waals surface area contributed by atoms with Crippen LogP contribution in [-0.2, 0) is 6.42 Å². The van der Waals surface area contributed by atoms with E-state index >= 15 is 0 Å². The van der Waals surface area contributed by atoms with Crippen molar-refractivity contribution in [3.8, 4) is 0 Å². The molecule has 278 valence electrons. The molecule has 1 saturated carbocycles. The molecule has 0 bridgehead atoms. The van der Waals surface area contributed by atoms with E-state index in [0.717, 1.165) is 25.9 Å². The molecule has 3 fully saturated rings. The second kappa shape index (κ2) is 15.0. The molecule has 0 radical (unpaired) electrons. The number of aryl methyl sites for hydroxylation is 1. The van der Waals surface area contributed by atoms with Crippen LogP contribution in [0.3, 0.4) is 0 Å². The number of urea groups is 1. The number of rotatable bonds is 11. The number of imidazole rings is 1. The zero-order chi connectivity index (χ0) is 36.5. The molecular formula is C37H47N13O3. The first-order valence-corrected chi connectivity index (χ1v) is 18.6. The molecule has 1 aliphatic carbocycles. The van der Waals surface area contributed by atoms with Gasteiger partial charge in [0.1, 0.15) is 18.2 Å². The fraction of sp³-hybridized carbons (Fsp3) is 0.486. The molecule has 6 atom stereocenters. The lowest BCUT2D eigenvalue weighted by atomic mass is 9.91. The van der Waals surface area contributed by atoms with Crippen molar-refractivity contribution in [2.24, 2.45) is 0 Å². The number of nitrogens with one attached hydrogen (secondary N) is 3. The summed E-state index contributed by atoms with van der Waals surface area (Å²) in [5.41, 5.74) is 3.42. The van der Waals surface area contributed by atoms with E-state index in [1.807, 2.05) is 47.9 Å². The number of hydrogen-bond donors (Lipinski definition) is 5. The Morgan fingerprint density at radius 1 is 0.906 bits per heavy atom. The van der Waals surface area contributed by atoms with Gasteiger partial charge in [0.15, 0.2) is 22.8 Å². The van der Waals surface area contributed by atoms with E-state index < -0.39 is 24.3 Å². The number of benzene rings is 2. The maximum absolute atomic E-state index is 12.9. The van der Waals surface area contributed by atoms with Gasteiger partial charge in [-0.3, -0.25) is 0 Å². The summed E-state index contributed by atoms with van der Waals surface area (Å²) in [6.07, 6.45) is 2.06. The summed E-state index contributed by atoms with van der Waals surface area (Å²) >= 11 is 0. The van der Waals surface area contributed by atoms with Crippen LogP contribution in [0.5, 0.6) is 0 Å². The Morgan fingerprint density at radius 2 is 1.58 bits per heavy atom. The molecule has 3 aromatic heterocycles. The summed E-state index contributed by atoms with van der Waals surface area (Å²) in [5, 5.41) is 45.1. The predicted molar refractivity (Wildman–Crippen MR) is 199 cm³/mol. The third-order valence-electron chi connectivity index (χ3n) is 10.9. The quantitative estimate of drug-likeness (QED) is 0.134. The Morgan fingerprint density at radius 3 is 2.25 bits per heavy atom. The van der Waals surface area contributed by atoms with Crippen LogP contribution in [0.1, 0.15) is 61.1 Å². The van der Waals surface area contributed by atoms with Gasteiger partial charge in [-0.05, 0) is 49.2 Å². The maximum atomic E-state index is 12.9. The van der Waals surface area contributed by atoms with Gasteiger partial charge in [-0.15, -0.1) is 10.2 Å². The Labute approximate surface area is 307 Å². The first-order valence-electron chi connectivity index (χ1n) is 18.6. The third-order valence-corrected chi connectivity index (χ3v) is 10.9. The lowest BCUT2D eigenvalue weighted by molar-refractivity contribution is 0.00473. The number of likely N-dealkylation sites (N-methyl/N-ethyl adjacent to an activating group) is 1. The fourth-order valence-electron chi connectivity index (χ4n) is 7.96. The molecule has 5 N–H and O–H groups in total. The minimum Gasteiger partial charge on any atom is -0.388 e. The Balaban J connectivity index is 1.09. The molecule has 2 saturated heterocycles. The number of carbonyl (C=O) groups is 1. The van der Waals surface area contributed by atoms with Crippen LogP contribution in [-0.4, -0.2) is 125 Å². The Kier molecular flexibility index (Phi) is 9.90. The highest BCUT2D eigenvalue weighted by Crippen LogP contribution is 2.40. The molecule has 3 aliphatic rings. The molecule has 16 nitrogen and oxygen atoms in total. The van der Waals surface area contributed by atoms with Gasteiger partial charge in [0.25, 0.3) is 0 Å². The van der Waals surface area contributed by atoms with Crippen molar-refractivity contribution < 1.29 is 15.0 Å². The maximum Gasteiger partial charge on any atom is 0.315 e. The first-order chi connectivity index (χ1) is 25.8. The lowest BCUT2D eigenvalue weighted by Gasteiger charge is -2.22. The molecule has 0 spiro atoms. The van der Waals surface area contributed by atoms with E-state index in [4.69, 9.17) is 15.0 Å². The summed E-state index contributed by atoms with van der Waals surface area (Å²) in [6, 6.07) is 19.5. The zero-order valence-electron chi connectivity index (χ0n) is 30.0. The topological polar surface area (TPSA) is 187 Å². The molecule has 5 aromatic rings. The third kappa shape index (κ3) is 7.26. The van der Waals surface area contributed by atoms with Gasteiger partial charge in [0.05, 0.1) is 12.4 Å². The smallest absolute Gasteiger partial charge is 0.315 e. The molecular weight excluding hydrogens is 674 g/mol. The average molecular weight is 722 g/mol. The Hall–Kier alpha value is -5.19. The summed E-state index contributed by atoms with van der Waals surface area (Å²) < 4.78 is 1.83. The summed E-state index contributed by atoms with van der Waals surface area (Å²) in [4.78, 5) is 33.5. The molecule has 2 aliphatic heterocycles. The van der Waals surface area contributed by atoms with Crippen molar-refractivity contribution in [1.82, 2.24) is 55.3 Å². The SMILES string of the molecule is CCc1nnn(C2CC(n3cnc4c(NCC(c5ccccc5)c5ccccc5)nc(N5CCC(NC(=O)NC6CCN(C)C6)C5)nc43)[C@H](O)[C@@H]2O)n1. The Bertz CT molecular complexity index is 1970. The fourth-order valence-corrected chi connectivity index (χ4v) is 7.96. The number of aliphatic hydroxyl groups is 2. The summed E-state index contributed by atoms with van der Waals surface area (Å²) in [6.45, 7) is 5.49. The van der Waals surface area contributed by atoms with Gasteiger partial charge in [-0.2, -0.15) is 14.8 Å². The highest BCUT2D eigenvalue weighted by Gasteiger charge is 2.45. The van der Waals surface area contributed by atoms with E-state index in [0.29, 0.717) is 61.2 Å². The first kappa shape index (κ1) is 34.9. The summed E-state index contributed by atoms with van der Waals surface area (Å²) in [5.74, 6) is 1.66. The average Bonchev–Trinajstić information content (AvgIpc) is 4.03. The zero-order valence-corrected chi connectivity index (χ0v) is 30.0. The predicted octanol–water partition coefficient (Wildman–Crippen LogP) is 2.11. The number of carbonyl (C=O) groups excluding carboxylic acids is 1. The highest BCUT2D eigenvalue weighted by molar-refractivity contribution is 5.84. The molecule has 4 unspecified atom stereocenters. The van der Waals surface area contributed by atoms with Crippen molar-refractivity contribution in [2.45, 2.75) is 74.9 Å². The van der Waals surface area contributed by atoms with Crippen LogP contribution < -0.4 is 20.9 Å². The van der Waals surface area contributed by atoms with Crippen molar-refractivity contribution in [2.75, 3.05) is 50.0 Å². The van der Waals surface area contributed by atoms with Gasteiger partial charge < -0.3 is 40.5 Å². The van der Waals surface area contributed by atoms with E-state index in [2.05, 4.69) is 72.5 Å². The number of anilines is 2. The van der Waals surface area contributed by atoms with Crippen molar-refractivity contribution in [3.05, 3.63) is 83.9 Å². The molecule has 5 heterocycles. The van der Waals surface area contributed by atoms with E-state index in [1.165, 1.54) is 15.9 Å². The molecule has 16 heteroatoms. The number of aromatic nitrogens is 8. The van der Waals surface area contributed by atoms with E-state index in [-0.39, 0.29) is 24.0 Å². The van der Waals surface area contributed by atoms with Gasteiger partial charge in [0, 0.05) is 50.6 Å². The number of aliphatic hydroxyl groups excluding tert-OH is 2. The molecule has 2 aromatic carbocycles. The minimum atomic E-state index is -1.12. The van der Waals surface area contributed by atoms with Crippen molar-refractivity contribution in [1.29, 1.82) is 0 Å². The second-order valence-corrected chi connectivity index (χ2v) is 14.5. The second-order valence-electron chi connectivity index (χ2n) is 14.5. The lowest BCUT2D eigenvalue weighted by Crippen LogP contribution is -2.47. The van der Waals surface area contributed by atoms with Gasteiger partial charge >= 0.3 is 6.03 Å². The number of nitrogens with zero attached hydrogens (tertiary/aromatic N) is 10. The monoisotopic (exact) mass is 721 g/mol. The van der Waals surface area contributed by atoms with E-state index in [1.54, 1.807) is 6.33 Å². The van der Waals surface area contributed by atoms with Crippen molar-refractivity contribution in [3.63, 3.8) is 0 Å². The summed E-state index contributed by atoms with van der Waals surface area (Å²) in [7, 11) is 2.06. The van der Waals surface area contributed by atoms with Crippen LogP contribution in [0.4, 0.5) is 16.6 Å². The van der Waals surface area contributed by atoms with Crippen LogP contribution in [0.25, 0.3) is 11.2 Å². The number of amides is 2. The van der Waals surface area contributed by atoms with E-state index in [9.17, 15) is 15.0 Å². The standard InChI is InChI=1S/C37H47N13O3/c1-3-30-44-46-50(45-30)29-18-28(32(51)33(29)52)49-22-39-31-34(38-19-27(23-10-6-4-7-11-23)24-12-8-5-9-13-24)42-36(43-35(31)49)48-17-15-26(21-48)41-37(53)40-25-14-16-47(2)20-25/h4-13,22,25-29,32-33,51-52H,3,14-21H2,1-2H3,(H,38,42,43)(H2,40,41,53)/t25?,26?,28?,29?,32-,33+/m0/s1. The number of tetrazole rings is 1. The van der Waals surface area contributed by atoms with Crippen LogP contribution >= 0.6 is 0 Å². The van der Waals surface area contributed by atoms with Crippen molar-refractivity contribution >= 4 is 29.0 Å². The van der Waals surface area contributed by atoms with Gasteiger partial charge in [-0.1, -0.05) is 67.6 Å². The molecule has 2 amide bonds. The van der Waals surface area contributed by atoms with Crippen LogP contribution in [0, 0.1) is 0 Å².